The van der Waals surface area contributed by atoms with Gasteiger partial charge in [0.05, 0.1) is 13.7 Å². The number of ether oxygens (including phenoxy) is 2. The monoisotopic (exact) mass is 445 g/mol. The van der Waals surface area contributed by atoms with Crippen LogP contribution in [-0.4, -0.2) is 49.5 Å². The maximum atomic E-state index is 9.75. The van der Waals surface area contributed by atoms with E-state index in [4.69, 9.17) is 9.47 Å². The van der Waals surface area contributed by atoms with Gasteiger partial charge in [-0.05, 0) is 86.8 Å². The van der Waals surface area contributed by atoms with E-state index in [1.807, 2.05) is 6.07 Å². The van der Waals surface area contributed by atoms with Crippen molar-refractivity contribution >= 4 is 0 Å². The third-order valence-corrected chi connectivity index (χ3v) is 8.42. The standard InChI is InChI=1S/C28H47NO3/c1-20(2)24-10-14-29(13-9-21(3)23-11-15-32-16-12-23)26(18-24)17-22(4)27-8-6-7-25(19-30)28(27)31-5/h6-8,20-24,26,30H,9-19H2,1-5H3. The molecule has 0 amide bonds. The molecule has 2 saturated heterocycles. The summed E-state index contributed by atoms with van der Waals surface area (Å²) < 4.78 is 11.3. The van der Waals surface area contributed by atoms with Crippen LogP contribution in [-0.2, 0) is 11.3 Å². The van der Waals surface area contributed by atoms with Gasteiger partial charge in [-0.15, -0.1) is 0 Å². The van der Waals surface area contributed by atoms with Gasteiger partial charge in [-0.1, -0.05) is 45.9 Å². The van der Waals surface area contributed by atoms with Crippen LogP contribution < -0.4 is 4.74 Å². The van der Waals surface area contributed by atoms with Gasteiger partial charge in [0.15, 0.2) is 0 Å². The van der Waals surface area contributed by atoms with Crippen LogP contribution in [0.2, 0.25) is 0 Å². The SMILES string of the molecule is COc1c(CO)cccc1C(C)CC1CC(C(C)C)CCN1CCC(C)C1CCOCC1. The molecule has 2 aliphatic rings. The van der Waals surface area contributed by atoms with Crippen LogP contribution in [0, 0.1) is 23.7 Å². The summed E-state index contributed by atoms with van der Waals surface area (Å²) in [6.07, 6.45) is 7.55. The summed E-state index contributed by atoms with van der Waals surface area (Å²) in [5.41, 5.74) is 2.13. The average Bonchev–Trinajstić information content (AvgIpc) is 2.82. The van der Waals surface area contributed by atoms with Gasteiger partial charge >= 0.3 is 0 Å². The number of aliphatic hydroxyl groups excluding tert-OH is 1. The fourth-order valence-electron chi connectivity index (χ4n) is 6.07. The molecule has 0 radical (unpaired) electrons. The largest absolute Gasteiger partial charge is 0.496 e. The molecule has 1 aromatic rings. The quantitative estimate of drug-likeness (QED) is 0.489. The molecule has 4 heteroatoms. The van der Waals surface area contributed by atoms with Crippen molar-refractivity contribution in [1.29, 1.82) is 0 Å². The predicted octanol–water partition coefficient (Wildman–Crippen LogP) is 5.87. The number of aliphatic hydroxyl groups is 1. The van der Waals surface area contributed by atoms with Crippen molar-refractivity contribution in [3.05, 3.63) is 29.3 Å². The number of hydrogen-bond acceptors (Lipinski definition) is 4. The van der Waals surface area contributed by atoms with Gasteiger partial charge in [-0.25, -0.2) is 0 Å². The summed E-state index contributed by atoms with van der Waals surface area (Å²) in [5.74, 6) is 4.47. The number of rotatable bonds is 10. The molecule has 0 saturated carbocycles. The Morgan fingerprint density at radius 2 is 1.84 bits per heavy atom. The molecule has 4 unspecified atom stereocenters. The molecule has 0 aromatic heterocycles. The lowest BCUT2D eigenvalue weighted by atomic mass is 9.79. The number of benzene rings is 1. The highest BCUT2D eigenvalue weighted by Gasteiger charge is 2.32. The van der Waals surface area contributed by atoms with Gasteiger partial charge in [0.2, 0.25) is 0 Å². The molecule has 1 N–H and O–H groups in total. The van der Waals surface area contributed by atoms with Gasteiger partial charge in [-0.2, -0.15) is 0 Å². The Labute approximate surface area is 196 Å². The van der Waals surface area contributed by atoms with E-state index in [1.54, 1.807) is 7.11 Å². The summed E-state index contributed by atoms with van der Waals surface area (Å²) in [6, 6.07) is 6.83. The Morgan fingerprint density at radius 1 is 1.09 bits per heavy atom. The molecule has 2 fully saturated rings. The zero-order valence-electron chi connectivity index (χ0n) is 21.2. The maximum Gasteiger partial charge on any atom is 0.127 e. The fraction of sp³-hybridized carbons (Fsp3) is 0.786. The molecule has 3 rings (SSSR count). The molecule has 2 heterocycles. The van der Waals surface area contributed by atoms with E-state index >= 15 is 0 Å². The van der Waals surface area contributed by atoms with E-state index < -0.39 is 0 Å². The highest BCUT2D eigenvalue weighted by molar-refractivity contribution is 5.43. The van der Waals surface area contributed by atoms with E-state index in [9.17, 15) is 5.11 Å². The van der Waals surface area contributed by atoms with E-state index in [2.05, 4.69) is 44.7 Å². The average molecular weight is 446 g/mol. The second kappa shape index (κ2) is 12.4. The molecule has 2 aliphatic heterocycles. The Bertz CT molecular complexity index is 685. The van der Waals surface area contributed by atoms with Gasteiger partial charge < -0.3 is 19.5 Å². The molecule has 1 aromatic carbocycles. The lowest BCUT2D eigenvalue weighted by molar-refractivity contribution is 0.0391. The Hall–Kier alpha value is -1.10. The summed E-state index contributed by atoms with van der Waals surface area (Å²) in [4.78, 5) is 2.80. The minimum Gasteiger partial charge on any atom is -0.496 e. The Morgan fingerprint density at radius 3 is 2.50 bits per heavy atom. The van der Waals surface area contributed by atoms with E-state index in [1.165, 1.54) is 50.8 Å². The van der Waals surface area contributed by atoms with E-state index in [0.29, 0.717) is 12.0 Å². The first-order valence-corrected chi connectivity index (χ1v) is 13.0. The fourth-order valence-corrected chi connectivity index (χ4v) is 6.07. The number of likely N-dealkylation sites (tertiary alicyclic amines) is 1. The number of nitrogens with zero attached hydrogens (tertiary/aromatic N) is 1. The van der Waals surface area contributed by atoms with Crippen LogP contribution in [0.4, 0.5) is 0 Å². The number of hydrogen-bond donors (Lipinski definition) is 1. The molecule has 4 atom stereocenters. The molecule has 182 valence electrons. The van der Waals surface area contributed by atoms with Gasteiger partial charge in [-0.3, -0.25) is 0 Å². The molecule has 4 nitrogen and oxygen atoms in total. The molecule has 0 aliphatic carbocycles. The van der Waals surface area contributed by atoms with Crippen LogP contribution in [0.25, 0.3) is 0 Å². The summed E-state index contributed by atoms with van der Waals surface area (Å²) in [7, 11) is 1.73. The van der Waals surface area contributed by atoms with Crippen molar-refractivity contribution in [2.75, 3.05) is 33.4 Å². The lowest BCUT2D eigenvalue weighted by Crippen LogP contribution is -2.45. The number of piperidine rings is 1. The third kappa shape index (κ3) is 6.48. The highest BCUT2D eigenvalue weighted by atomic mass is 16.5. The number of para-hydroxylation sites is 1. The molecular weight excluding hydrogens is 398 g/mol. The second-order valence-corrected chi connectivity index (χ2v) is 10.8. The molecule has 32 heavy (non-hydrogen) atoms. The van der Waals surface area contributed by atoms with Crippen molar-refractivity contribution in [3.63, 3.8) is 0 Å². The van der Waals surface area contributed by atoms with Crippen molar-refractivity contribution in [2.45, 2.75) is 84.8 Å². The van der Waals surface area contributed by atoms with Crippen LogP contribution in [0.5, 0.6) is 5.75 Å². The van der Waals surface area contributed by atoms with Crippen molar-refractivity contribution in [3.8, 4) is 5.75 Å². The van der Waals surface area contributed by atoms with Crippen molar-refractivity contribution in [1.82, 2.24) is 4.90 Å². The Balaban J connectivity index is 1.68. The number of methoxy groups -OCH3 is 1. The van der Waals surface area contributed by atoms with Crippen molar-refractivity contribution < 1.29 is 14.6 Å². The lowest BCUT2D eigenvalue weighted by Gasteiger charge is -2.43. The van der Waals surface area contributed by atoms with Crippen LogP contribution in [0.3, 0.4) is 0 Å². The highest BCUT2D eigenvalue weighted by Crippen LogP contribution is 2.38. The summed E-state index contributed by atoms with van der Waals surface area (Å²) >= 11 is 0. The first kappa shape index (κ1) is 25.5. The van der Waals surface area contributed by atoms with Crippen LogP contribution >= 0.6 is 0 Å². The second-order valence-electron chi connectivity index (χ2n) is 10.8. The molecule has 0 bridgehead atoms. The van der Waals surface area contributed by atoms with Crippen LogP contribution in [0.15, 0.2) is 18.2 Å². The summed E-state index contributed by atoms with van der Waals surface area (Å²) in [5, 5.41) is 9.75. The minimum atomic E-state index is 0.0266. The molecular formula is C28H47NO3. The topological polar surface area (TPSA) is 41.9 Å². The van der Waals surface area contributed by atoms with Gasteiger partial charge in [0, 0.05) is 24.8 Å². The zero-order chi connectivity index (χ0) is 23.1. The van der Waals surface area contributed by atoms with E-state index in [-0.39, 0.29) is 6.61 Å². The molecule has 0 spiro atoms. The van der Waals surface area contributed by atoms with Crippen LogP contribution in [0.1, 0.15) is 83.3 Å². The zero-order valence-corrected chi connectivity index (χ0v) is 21.2. The predicted molar refractivity (Wildman–Crippen MR) is 132 cm³/mol. The normalized spacial score (nSPS) is 25.1. The first-order chi connectivity index (χ1) is 15.4. The van der Waals surface area contributed by atoms with Gasteiger partial charge in [0.1, 0.15) is 5.75 Å². The smallest absolute Gasteiger partial charge is 0.127 e. The summed E-state index contributed by atoms with van der Waals surface area (Å²) in [6.45, 7) is 13.9. The first-order valence-electron chi connectivity index (χ1n) is 13.0. The Kier molecular flexibility index (Phi) is 9.88. The minimum absolute atomic E-state index is 0.0266. The maximum absolute atomic E-state index is 9.75. The third-order valence-electron chi connectivity index (χ3n) is 8.42. The van der Waals surface area contributed by atoms with Gasteiger partial charge in [0.25, 0.3) is 0 Å². The van der Waals surface area contributed by atoms with Crippen molar-refractivity contribution in [2.24, 2.45) is 23.7 Å². The van der Waals surface area contributed by atoms with E-state index in [0.717, 1.165) is 54.6 Å².